The topological polar surface area (TPSA) is 56.8 Å². The van der Waals surface area contributed by atoms with Crippen molar-refractivity contribution in [2.24, 2.45) is 17.8 Å². The predicted octanol–water partition coefficient (Wildman–Crippen LogP) is 2.32. The molecule has 5 atom stereocenters. The highest BCUT2D eigenvalue weighted by molar-refractivity contribution is 5.89. The van der Waals surface area contributed by atoms with Gasteiger partial charge in [0.25, 0.3) is 0 Å². The van der Waals surface area contributed by atoms with Gasteiger partial charge in [-0.05, 0) is 37.6 Å². The molecule has 23 heavy (non-hydrogen) atoms. The highest BCUT2D eigenvalue weighted by Crippen LogP contribution is 2.35. The van der Waals surface area contributed by atoms with Crippen LogP contribution < -0.4 is 5.32 Å². The van der Waals surface area contributed by atoms with E-state index >= 15 is 0 Å². The van der Waals surface area contributed by atoms with Gasteiger partial charge in [-0.25, -0.2) is 4.79 Å². The fourth-order valence-electron chi connectivity index (χ4n) is 3.26. The molecule has 1 aliphatic rings. The number of benzene rings is 1. The molecule has 0 aliphatic carbocycles. The van der Waals surface area contributed by atoms with Crippen molar-refractivity contribution in [1.29, 1.82) is 0 Å². The molecule has 0 bridgehead atoms. The van der Waals surface area contributed by atoms with Crippen LogP contribution in [0.4, 0.5) is 0 Å². The maximum absolute atomic E-state index is 12.1. The molecule has 128 valence electrons. The molecule has 2 rings (SSSR count). The Balaban J connectivity index is 1.99. The van der Waals surface area contributed by atoms with Crippen LogP contribution in [0.2, 0.25) is 0 Å². The van der Waals surface area contributed by atoms with Crippen molar-refractivity contribution >= 4 is 5.97 Å². The number of carbonyl (C=O) groups is 1. The maximum Gasteiger partial charge on any atom is 0.338 e. The minimum absolute atomic E-state index is 0.165. The molecule has 1 fully saturated rings. The maximum atomic E-state index is 12.1. The zero-order valence-corrected chi connectivity index (χ0v) is 14.3. The second-order valence-corrected chi connectivity index (χ2v) is 6.18. The summed E-state index contributed by atoms with van der Waals surface area (Å²) in [5.74, 6) is 0.634. The molecule has 0 amide bonds. The van der Waals surface area contributed by atoms with Gasteiger partial charge in [0.05, 0.1) is 11.7 Å². The van der Waals surface area contributed by atoms with Crippen LogP contribution in [0.1, 0.15) is 24.2 Å². The van der Waals surface area contributed by atoms with E-state index in [0.717, 1.165) is 6.54 Å². The van der Waals surface area contributed by atoms with Gasteiger partial charge in [0, 0.05) is 13.0 Å². The summed E-state index contributed by atoms with van der Waals surface area (Å²) in [6.07, 6.45) is -0.438. The van der Waals surface area contributed by atoms with Crippen molar-refractivity contribution in [1.82, 2.24) is 5.32 Å². The number of hydrogen-bond donors (Lipinski definition) is 1. The van der Waals surface area contributed by atoms with Gasteiger partial charge in [0.1, 0.15) is 6.61 Å². The lowest BCUT2D eigenvalue weighted by Gasteiger charge is -2.44. The summed E-state index contributed by atoms with van der Waals surface area (Å²) >= 11 is 0. The van der Waals surface area contributed by atoms with E-state index in [1.165, 1.54) is 0 Å². The lowest BCUT2D eigenvalue weighted by molar-refractivity contribution is -0.245. The van der Waals surface area contributed by atoms with E-state index in [1.54, 1.807) is 19.2 Å². The third kappa shape index (κ3) is 4.31. The highest BCUT2D eigenvalue weighted by atomic mass is 16.7. The van der Waals surface area contributed by atoms with Crippen molar-refractivity contribution in [3.63, 3.8) is 0 Å². The first-order valence-corrected chi connectivity index (χ1v) is 8.13. The van der Waals surface area contributed by atoms with Gasteiger partial charge in [-0.2, -0.15) is 0 Å². The smallest absolute Gasteiger partial charge is 0.338 e. The third-order valence-electron chi connectivity index (χ3n) is 4.74. The van der Waals surface area contributed by atoms with Gasteiger partial charge in [0.15, 0.2) is 6.29 Å². The van der Waals surface area contributed by atoms with E-state index in [0.29, 0.717) is 11.5 Å². The van der Waals surface area contributed by atoms with Crippen molar-refractivity contribution in [3.8, 4) is 0 Å². The Morgan fingerprint density at radius 2 is 1.91 bits per heavy atom. The van der Waals surface area contributed by atoms with E-state index in [1.807, 2.05) is 25.2 Å². The normalized spacial score (nSPS) is 30.9. The second kappa shape index (κ2) is 8.43. The lowest BCUT2D eigenvalue weighted by atomic mass is 9.77. The molecule has 0 radical (unpaired) electrons. The average molecular weight is 321 g/mol. The zero-order chi connectivity index (χ0) is 16.8. The largest absolute Gasteiger partial charge is 0.459 e. The van der Waals surface area contributed by atoms with Crippen LogP contribution in [0, 0.1) is 17.8 Å². The second-order valence-electron chi connectivity index (χ2n) is 6.18. The monoisotopic (exact) mass is 321 g/mol. The number of rotatable bonds is 6. The summed E-state index contributed by atoms with van der Waals surface area (Å²) in [4.78, 5) is 12.1. The molecule has 1 aromatic carbocycles. The molecule has 1 heterocycles. The van der Waals surface area contributed by atoms with Crippen LogP contribution in [0.3, 0.4) is 0 Å². The summed E-state index contributed by atoms with van der Waals surface area (Å²) in [6, 6.07) is 9.01. The zero-order valence-electron chi connectivity index (χ0n) is 14.3. The minimum Gasteiger partial charge on any atom is -0.459 e. The molecule has 1 N–H and O–H groups in total. The van der Waals surface area contributed by atoms with E-state index < -0.39 is 0 Å². The molecule has 0 saturated carbocycles. The van der Waals surface area contributed by atoms with Gasteiger partial charge < -0.3 is 19.5 Å². The van der Waals surface area contributed by atoms with Crippen LogP contribution in [0.5, 0.6) is 0 Å². The summed E-state index contributed by atoms with van der Waals surface area (Å²) < 4.78 is 16.9. The van der Waals surface area contributed by atoms with Crippen molar-refractivity contribution in [2.45, 2.75) is 26.2 Å². The Morgan fingerprint density at radius 1 is 1.22 bits per heavy atom. The van der Waals surface area contributed by atoms with Crippen LogP contribution >= 0.6 is 0 Å². The fraction of sp³-hybridized carbons (Fsp3) is 0.611. The first-order valence-electron chi connectivity index (χ1n) is 8.13. The van der Waals surface area contributed by atoms with E-state index in [2.05, 4.69) is 19.2 Å². The fourth-order valence-corrected chi connectivity index (χ4v) is 3.26. The third-order valence-corrected chi connectivity index (χ3v) is 4.74. The van der Waals surface area contributed by atoms with Crippen molar-refractivity contribution in [3.05, 3.63) is 35.9 Å². The van der Waals surface area contributed by atoms with Gasteiger partial charge in [-0.15, -0.1) is 0 Å². The number of hydrogen-bond acceptors (Lipinski definition) is 5. The van der Waals surface area contributed by atoms with Gasteiger partial charge in [-0.3, -0.25) is 0 Å². The predicted molar refractivity (Wildman–Crippen MR) is 88.1 cm³/mol. The number of methoxy groups -OCH3 is 1. The lowest BCUT2D eigenvalue weighted by Crippen LogP contribution is -2.51. The summed E-state index contributed by atoms with van der Waals surface area (Å²) in [6.45, 7) is 5.40. The Hall–Kier alpha value is -1.43. The van der Waals surface area contributed by atoms with Crippen molar-refractivity contribution < 1.29 is 19.0 Å². The summed E-state index contributed by atoms with van der Waals surface area (Å²) in [5.41, 5.74) is 0.555. The molecule has 5 heteroatoms. The van der Waals surface area contributed by atoms with Gasteiger partial charge >= 0.3 is 5.97 Å². The molecule has 1 aliphatic heterocycles. The van der Waals surface area contributed by atoms with E-state index in [4.69, 9.17) is 14.2 Å². The highest BCUT2D eigenvalue weighted by Gasteiger charge is 2.41. The Bertz CT molecular complexity index is 493. The molecular formula is C18H27NO4. The van der Waals surface area contributed by atoms with Crippen LogP contribution in [-0.4, -0.2) is 45.7 Å². The molecule has 0 aromatic heterocycles. The number of carbonyl (C=O) groups excluding carboxylic acids is 1. The van der Waals surface area contributed by atoms with Gasteiger partial charge in [0.2, 0.25) is 0 Å². The first-order chi connectivity index (χ1) is 11.1. The summed E-state index contributed by atoms with van der Waals surface area (Å²) in [5, 5.41) is 3.24. The SMILES string of the molecule is CNCC1[C@H](C)C(COC(=O)c2ccccc2)O[C@H](OC)[C@H]1C. The molecule has 5 nitrogen and oxygen atoms in total. The molecule has 1 saturated heterocycles. The Morgan fingerprint density at radius 3 is 2.52 bits per heavy atom. The quantitative estimate of drug-likeness (QED) is 0.815. The van der Waals surface area contributed by atoms with Crippen LogP contribution in [0.15, 0.2) is 30.3 Å². The molecule has 1 aromatic rings. The van der Waals surface area contributed by atoms with Crippen LogP contribution in [0.25, 0.3) is 0 Å². The number of nitrogens with one attached hydrogen (secondary N) is 1. The Labute approximate surface area is 138 Å². The summed E-state index contributed by atoms with van der Waals surface area (Å²) in [7, 11) is 3.60. The minimum atomic E-state index is -0.320. The number of ether oxygens (including phenoxy) is 3. The first kappa shape index (κ1) is 17.9. The van der Waals surface area contributed by atoms with Crippen LogP contribution in [-0.2, 0) is 14.2 Å². The standard InChI is InChI=1S/C18H27NO4/c1-12-15(10-19-3)13(2)18(21-4)23-16(12)11-22-17(20)14-8-6-5-7-9-14/h5-9,12-13,15-16,18-19H,10-11H2,1-4H3/t12-,13-,15?,16?,18-/m0/s1. The molecule has 0 spiro atoms. The molecule has 2 unspecified atom stereocenters. The van der Waals surface area contributed by atoms with E-state index in [-0.39, 0.29) is 36.8 Å². The number of esters is 1. The Kier molecular flexibility index (Phi) is 6.57. The molecular weight excluding hydrogens is 294 g/mol. The van der Waals surface area contributed by atoms with Gasteiger partial charge in [-0.1, -0.05) is 32.0 Å². The average Bonchev–Trinajstić information content (AvgIpc) is 2.58. The van der Waals surface area contributed by atoms with E-state index in [9.17, 15) is 4.79 Å². The van der Waals surface area contributed by atoms with Crippen molar-refractivity contribution in [2.75, 3.05) is 27.3 Å².